The molecule has 0 bridgehead atoms. The molecule has 0 heterocycles. The van der Waals surface area contributed by atoms with E-state index in [4.69, 9.17) is 9.94 Å². The van der Waals surface area contributed by atoms with E-state index in [0.29, 0.717) is 24.2 Å². The summed E-state index contributed by atoms with van der Waals surface area (Å²) in [6, 6.07) is -0.972. The number of amides is 1. The Hall–Kier alpha value is -2.22. The van der Waals surface area contributed by atoms with Crippen molar-refractivity contribution >= 4 is 23.4 Å². The number of rotatable bonds is 6. The quantitative estimate of drug-likeness (QED) is 0.508. The highest BCUT2D eigenvalue weighted by Gasteiger charge is 2.65. The highest BCUT2D eigenvalue weighted by Crippen LogP contribution is 2.67. The minimum absolute atomic E-state index is 0.0779. The average Bonchev–Trinajstić information content (AvgIpc) is 3.06. The third-order valence-corrected chi connectivity index (χ3v) is 9.84. The van der Waals surface area contributed by atoms with E-state index in [0.717, 1.165) is 50.7 Å². The van der Waals surface area contributed by atoms with Gasteiger partial charge in [-0.3, -0.25) is 14.4 Å². The predicted octanol–water partition coefficient (Wildman–Crippen LogP) is 3.23. The first-order valence-electron chi connectivity index (χ1n) is 12.6. The molecule has 3 saturated carbocycles. The van der Waals surface area contributed by atoms with Crippen LogP contribution in [0.1, 0.15) is 79.1 Å². The Balaban J connectivity index is 1.44. The van der Waals surface area contributed by atoms with Crippen LogP contribution in [-0.2, 0) is 19.2 Å². The maximum absolute atomic E-state index is 12.4. The fraction of sp³-hybridized carbons (Fsp3) is 0.769. The van der Waals surface area contributed by atoms with Crippen LogP contribution >= 0.6 is 0 Å². The molecule has 1 amide bonds. The maximum atomic E-state index is 12.4. The molecule has 8 heteroatoms. The lowest BCUT2D eigenvalue weighted by molar-refractivity contribution is -0.159. The average molecular weight is 475 g/mol. The number of carboxylic acid groups (broad SMARTS) is 1. The smallest absolute Gasteiger partial charge is 0.325 e. The lowest BCUT2D eigenvalue weighted by atomic mass is 9.46. The number of ketones is 1. The SMILES string of the molecule is CC(=O)[C@@]1(O)CCC2C3CCC4=C/C(=N/OCC(=O)NC(C)C(=O)O)CC[C@]4(C)C3CC[C@@]21C. The van der Waals surface area contributed by atoms with Crippen LogP contribution in [-0.4, -0.2) is 51.8 Å². The number of hydrogen-bond donors (Lipinski definition) is 3. The number of aliphatic carboxylic acids is 1. The number of oxime groups is 1. The number of carbonyl (C=O) groups is 3. The van der Waals surface area contributed by atoms with E-state index >= 15 is 0 Å². The fourth-order valence-electron chi connectivity index (χ4n) is 7.76. The molecule has 4 aliphatic carbocycles. The summed E-state index contributed by atoms with van der Waals surface area (Å²) in [5.74, 6) is -0.264. The molecule has 4 unspecified atom stereocenters. The van der Waals surface area contributed by atoms with Crippen LogP contribution in [0.15, 0.2) is 16.8 Å². The maximum Gasteiger partial charge on any atom is 0.325 e. The van der Waals surface area contributed by atoms with Gasteiger partial charge in [0.2, 0.25) is 0 Å². The first-order valence-corrected chi connectivity index (χ1v) is 12.6. The van der Waals surface area contributed by atoms with Crippen molar-refractivity contribution < 1.29 is 29.4 Å². The van der Waals surface area contributed by atoms with Crippen LogP contribution in [0.25, 0.3) is 0 Å². The molecule has 4 aliphatic rings. The summed E-state index contributed by atoms with van der Waals surface area (Å²) in [6.07, 6.45) is 9.29. The van der Waals surface area contributed by atoms with Gasteiger partial charge in [0.15, 0.2) is 12.4 Å². The molecule has 34 heavy (non-hydrogen) atoms. The molecule has 0 aromatic carbocycles. The van der Waals surface area contributed by atoms with Crippen LogP contribution in [0.2, 0.25) is 0 Å². The normalized spacial score (nSPS) is 40.9. The molecule has 7 atom stereocenters. The van der Waals surface area contributed by atoms with Gasteiger partial charge in [-0.25, -0.2) is 0 Å². The van der Waals surface area contributed by atoms with Gasteiger partial charge in [-0.15, -0.1) is 0 Å². The number of carbonyl (C=O) groups excluding carboxylic acids is 2. The summed E-state index contributed by atoms with van der Waals surface area (Å²) >= 11 is 0. The van der Waals surface area contributed by atoms with Crippen LogP contribution in [0.5, 0.6) is 0 Å². The van der Waals surface area contributed by atoms with E-state index in [1.165, 1.54) is 12.5 Å². The number of Topliss-reactive ketones (excluding diaryl/α,β-unsaturated/α-hetero) is 1. The first-order chi connectivity index (χ1) is 15.9. The minimum Gasteiger partial charge on any atom is -0.480 e. The zero-order valence-corrected chi connectivity index (χ0v) is 20.7. The zero-order chi connectivity index (χ0) is 24.9. The Kier molecular flexibility index (Phi) is 6.42. The van der Waals surface area contributed by atoms with Crippen LogP contribution in [0, 0.1) is 28.6 Å². The molecule has 188 valence electrons. The van der Waals surface area contributed by atoms with Crippen LogP contribution in [0.4, 0.5) is 0 Å². The molecule has 0 radical (unpaired) electrons. The summed E-state index contributed by atoms with van der Waals surface area (Å²) in [7, 11) is 0. The number of carboxylic acids is 1. The molecule has 0 aliphatic heterocycles. The van der Waals surface area contributed by atoms with Gasteiger partial charge in [0.05, 0.1) is 5.71 Å². The predicted molar refractivity (Wildman–Crippen MR) is 126 cm³/mol. The number of allylic oxidation sites excluding steroid dienone is 2. The van der Waals surface area contributed by atoms with Gasteiger partial charge in [-0.1, -0.05) is 24.6 Å². The third-order valence-electron chi connectivity index (χ3n) is 9.84. The standard InChI is InChI=1S/C26H38N2O6/c1-15(23(31)32)27-22(30)14-34-28-18-7-10-24(3)17(13-18)5-6-19-20(24)8-11-25(4)21(19)9-12-26(25,33)16(2)29/h13,15,19-21,33H,5-12,14H2,1-4H3,(H,27,30)(H,31,32)/b28-18+/t15?,19?,20?,21?,24-,25-,26-/m0/s1. The van der Waals surface area contributed by atoms with Crippen molar-refractivity contribution in [3.63, 3.8) is 0 Å². The number of nitrogens with zero attached hydrogens (tertiary/aromatic N) is 1. The summed E-state index contributed by atoms with van der Waals surface area (Å²) < 4.78 is 0. The van der Waals surface area contributed by atoms with E-state index in [2.05, 4.69) is 30.4 Å². The van der Waals surface area contributed by atoms with Crippen molar-refractivity contribution in [2.75, 3.05) is 6.61 Å². The molecule has 0 spiro atoms. The first kappa shape index (κ1) is 24.9. The Morgan fingerprint density at radius 3 is 2.53 bits per heavy atom. The molecule has 0 aromatic rings. The number of fused-ring (bicyclic) bond motifs is 5. The molecular weight excluding hydrogens is 436 g/mol. The van der Waals surface area contributed by atoms with E-state index in [1.807, 2.05) is 0 Å². The second-order valence-electron chi connectivity index (χ2n) is 11.4. The molecule has 3 N–H and O–H groups in total. The summed E-state index contributed by atoms with van der Waals surface area (Å²) in [5, 5.41) is 26.7. The number of aliphatic hydroxyl groups is 1. The van der Waals surface area contributed by atoms with Crippen molar-refractivity contribution in [3.05, 3.63) is 11.6 Å². The number of nitrogens with one attached hydrogen (secondary N) is 1. The highest BCUT2D eigenvalue weighted by atomic mass is 16.6. The van der Waals surface area contributed by atoms with Crippen LogP contribution < -0.4 is 5.32 Å². The van der Waals surface area contributed by atoms with E-state index in [1.54, 1.807) is 6.92 Å². The van der Waals surface area contributed by atoms with Gasteiger partial charge in [0, 0.05) is 5.41 Å². The lowest BCUT2D eigenvalue weighted by Crippen LogP contribution is -2.57. The van der Waals surface area contributed by atoms with Gasteiger partial charge in [0.25, 0.3) is 5.91 Å². The second kappa shape index (κ2) is 8.77. The summed E-state index contributed by atoms with van der Waals surface area (Å²) in [4.78, 5) is 40.3. The topological polar surface area (TPSA) is 125 Å². The van der Waals surface area contributed by atoms with Gasteiger partial charge < -0.3 is 20.4 Å². The molecule has 4 rings (SSSR count). The molecule has 0 aromatic heterocycles. The monoisotopic (exact) mass is 474 g/mol. The van der Waals surface area contributed by atoms with Crippen molar-refractivity contribution in [1.29, 1.82) is 0 Å². The molecule has 8 nitrogen and oxygen atoms in total. The minimum atomic E-state index is -1.18. The fourth-order valence-corrected chi connectivity index (χ4v) is 7.76. The summed E-state index contributed by atoms with van der Waals surface area (Å²) in [5.41, 5.74) is 0.768. The van der Waals surface area contributed by atoms with Crippen molar-refractivity contribution in [3.8, 4) is 0 Å². The van der Waals surface area contributed by atoms with Gasteiger partial charge >= 0.3 is 5.97 Å². The highest BCUT2D eigenvalue weighted by molar-refractivity contribution is 5.96. The second-order valence-corrected chi connectivity index (χ2v) is 11.4. The summed E-state index contributed by atoms with van der Waals surface area (Å²) in [6.45, 7) is 7.14. The Morgan fingerprint density at radius 1 is 1.15 bits per heavy atom. The van der Waals surface area contributed by atoms with Gasteiger partial charge in [0.1, 0.15) is 11.6 Å². The molecule has 0 saturated heterocycles. The largest absolute Gasteiger partial charge is 0.480 e. The van der Waals surface area contributed by atoms with E-state index in [9.17, 15) is 19.5 Å². The zero-order valence-electron chi connectivity index (χ0n) is 20.7. The Labute approximate surface area is 201 Å². The molecular formula is C26H38N2O6. The van der Waals surface area contributed by atoms with E-state index in [-0.39, 0.29) is 23.2 Å². The number of hydrogen-bond acceptors (Lipinski definition) is 6. The molecule has 3 fully saturated rings. The van der Waals surface area contributed by atoms with Gasteiger partial charge in [-0.05, 0) is 94.5 Å². The van der Waals surface area contributed by atoms with Gasteiger partial charge in [-0.2, -0.15) is 0 Å². The van der Waals surface area contributed by atoms with E-state index < -0.39 is 23.5 Å². The Bertz CT molecular complexity index is 944. The van der Waals surface area contributed by atoms with Crippen molar-refractivity contribution in [1.82, 2.24) is 5.32 Å². The lowest BCUT2D eigenvalue weighted by Gasteiger charge is -2.59. The van der Waals surface area contributed by atoms with Crippen molar-refractivity contribution in [2.24, 2.45) is 33.7 Å². The van der Waals surface area contributed by atoms with Crippen molar-refractivity contribution in [2.45, 2.75) is 90.7 Å². The Morgan fingerprint density at radius 2 is 1.85 bits per heavy atom. The third kappa shape index (κ3) is 3.88. The van der Waals surface area contributed by atoms with Crippen LogP contribution in [0.3, 0.4) is 0 Å².